The Morgan fingerprint density at radius 2 is 1.89 bits per heavy atom. The van der Waals surface area contributed by atoms with E-state index in [0.29, 0.717) is 16.4 Å². The smallest absolute Gasteiger partial charge is 0.230 e. The van der Waals surface area contributed by atoms with E-state index in [0.717, 1.165) is 21.3 Å². The van der Waals surface area contributed by atoms with Gasteiger partial charge in [0.2, 0.25) is 5.91 Å². The lowest BCUT2D eigenvalue weighted by Crippen LogP contribution is -2.23. The van der Waals surface area contributed by atoms with Crippen molar-refractivity contribution in [1.29, 1.82) is 0 Å². The Bertz CT molecular complexity index is 1070. The third-order valence-electron chi connectivity index (χ3n) is 4.35. The van der Waals surface area contributed by atoms with E-state index in [1.165, 1.54) is 24.3 Å². The number of aromatic nitrogens is 1. The van der Waals surface area contributed by atoms with Crippen LogP contribution >= 0.6 is 27.3 Å². The topological polar surface area (TPSA) is 50.3 Å². The zero-order chi connectivity index (χ0) is 20.3. The second-order valence-corrected chi connectivity index (χ2v) is 8.09. The fraction of sp³-hybridized carbons (Fsp3) is 0.136. The molecule has 1 heterocycles. The Kier molecular flexibility index (Phi) is 6.21. The SMILES string of the molecule is CC(=O)N(c1nc(/C=C/C(=O)c2cccc(Br)c2)cs1)c1cccc(C)c1C. The van der Waals surface area contributed by atoms with Gasteiger partial charge < -0.3 is 0 Å². The van der Waals surface area contributed by atoms with Crippen molar-refractivity contribution >= 4 is 55.9 Å². The van der Waals surface area contributed by atoms with Gasteiger partial charge in [0.05, 0.1) is 11.4 Å². The van der Waals surface area contributed by atoms with Crippen LogP contribution in [0.1, 0.15) is 34.1 Å². The zero-order valence-electron chi connectivity index (χ0n) is 15.8. The second kappa shape index (κ2) is 8.63. The Morgan fingerprint density at radius 3 is 2.61 bits per heavy atom. The van der Waals surface area contributed by atoms with E-state index in [1.807, 2.05) is 49.6 Å². The Hall–Kier alpha value is -2.57. The van der Waals surface area contributed by atoms with Gasteiger partial charge in [-0.05, 0) is 55.3 Å². The Morgan fingerprint density at radius 1 is 1.14 bits per heavy atom. The van der Waals surface area contributed by atoms with Crippen LogP contribution in [-0.2, 0) is 4.79 Å². The van der Waals surface area contributed by atoms with Gasteiger partial charge in [0.25, 0.3) is 0 Å². The molecular weight excluding hydrogens is 436 g/mol. The minimum absolute atomic E-state index is 0.103. The minimum Gasteiger partial charge on any atom is -0.289 e. The van der Waals surface area contributed by atoms with Gasteiger partial charge in [-0.1, -0.05) is 40.2 Å². The molecule has 0 radical (unpaired) electrons. The molecule has 2 aromatic carbocycles. The van der Waals surface area contributed by atoms with E-state index >= 15 is 0 Å². The molecule has 0 bridgehead atoms. The maximum absolute atomic E-state index is 12.3. The average Bonchev–Trinajstić information content (AvgIpc) is 3.11. The van der Waals surface area contributed by atoms with Gasteiger partial charge in [-0.15, -0.1) is 11.3 Å². The van der Waals surface area contributed by atoms with Crippen LogP contribution in [0.5, 0.6) is 0 Å². The first kappa shape index (κ1) is 20.2. The molecule has 142 valence electrons. The maximum Gasteiger partial charge on any atom is 0.230 e. The zero-order valence-corrected chi connectivity index (χ0v) is 18.2. The minimum atomic E-state index is -0.108. The van der Waals surface area contributed by atoms with Crippen molar-refractivity contribution in [2.75, 3.05) is 4.90 Å². The average molecular weight is 455 g/mol. The number of carbonyl (C=O) groups is 2. The van der Waals surface area contributed by atoms with E-state index in [2.05, 4.69) is 20.9 Å². The van der Waals surface area contributed by atoms with Gasteiger partial charge in [-0.25, -0.2) is 4.98 Å². The molecule has 0 atom stereocenters. The molecule has 0 saturated heterocycles. The van der Waals surface area contributed by atoms with Crippen molar-refractivity contribution in [3.8, 4) is 0 Å². The summed E-state index contributed by atoms with van der Waals surface area (Å²) in [6.07, 6.45) is 3.17. The molecule has 0 unspecified atom stereocenters. The first-order valence-corrected chi connectivity index (χ1v) is 10.3. The van der Waals surface area contributed by atoms with Gasteiger partial charge in [0, 0.05) is 22.3 Å². The first-order valence-electron chi connectivity index (χ1n) is 8.67. The van der Waals surface area contributed by atoms with Crippen molar-refractivity contribution in [1.82, 2.24) is 4.98 Å². The number of hydrogen-bond donors (Lipinski definition) is 0. The monoisotopic (exact) mass is 454 g/mol. The van der Waals surface area contributed by atoms with Crippen LogP contribution < -0.4 is 4.90 Å². The summed E-state index contributed by atoms with van der Waals surface area (Å²) < 4.78 is 0.855. The molecule has 28 heavy (non-hydrogen) atoms. The van der Waals surface area contributed by atoms with Crippen LogP contribution in [0.25, 0.3) is 6.08 Å². The van der Waals surface area contributed by atoms with Crippen LogP contribution in [0.4, 0.5) is 10.8 Å². The van der Waals surface area contributed by atoms with Crippen LogP contribution in [0, 0.1) is 13.8 Å². The summed E-state index contributed by atoms with van der Waals surface area (Å²) in [5.74, 6) is -0.211. The van der Waals surface area contributed by atoms with Gasteiger partial charge in [0.1, 0.15) is 0 Å². The molecule has 3 rings (SSSR count). The number of thiazole rings is 1. The number of benzene rings is 2. The van der Waals surface area contributed by atoms with Crippen molar-refractivity contribution in [2.45, 2.75) is 20.8 Å². The van der Waals surface area contributed by atoms with Crippen LogP contribution in [0.15, 0.2) is 58.4 Å². The molecule has 6 heteroatoms. The quantitative estimate of drug-likeness (QED) is 0.345. The maximum atomic E-state index is 12.3. The first-order chi connectivity index (χ1) is 13.4. The predicted molar refractivity (Wildman–Crippen MR) is 118 cm³/mol. The summed E-state index contributed by atoms with van der Waals surface area (Å²) in [6.45, 7) is 5.53. The second-order valence-electron chi connectivity index (χ2n) is 6.34. The number of anilines is 2. The molecule has 4 nitrogen and oxygen atoms in total. The van der Waals surface area contributed by atoms with E-state index in [9.17, 15) is 9.59 Å². The number of halogens is 1. The standard InChI is InChI=1S/C22H19BrN2O2S/c1-14-6-4-9-20(15(14)2)25(16(3)26)22-24-19(13-28-22)10-11-21(27)17-7-5-8-18(23)12-17/h4-13H,1-3H3/b11-10+. The highest BCUT2D eigenvalue weighted by atomic mass is 79.9. The molecule has 0 aliphatic carbocycles. The Balaban J connectivity index is 1.86. The van der Waals surface area contributed by atoms with Gasteiger partial charge in [0.15, 0.2) is 10.9 Å². The highest BCUT2D eigenvalue weighted by molar-refractivity contribution is 9.10. The van der Waals surface area contributed by atoms with E-state index < -0.39 is 0 Å². The lowest BCUT2D eigenvalue weighted by molar-refractivity contribution is -0.115. The van der Waals surface area contributed by atoms with E-state index in [4.69, 9.17) is 0 Å². The predicted octanol–water partition coefficient (Wildman–Crippen LogP) is 6.10. The summed E-state index contributed by atoms with van der Waals surface area (Å²) in [6, 6.07) is 13.1. The molecule has 0 N–H and O–H groups in total. The summed E-state index contributed by atoms with van der Waals surface area (Å²) in [7, 11) is 0. The van der Waals surface area contributed by atoms with Crippen LogP contribution in [-0.4, -0.2) is 16.7 Å². The van der Waals surface area contributed by atoms with Crippen LogP contribution in [0.2, 0.25) is 0 Å². The number of amides is 1. The fourth-order valence-electron chi connectivity index (χ4n) is 2.74. The van der Waals surface area contributed by atoms with Gasteiger partial charge in [-0.3, -0.25) is 14.5 Å². The summed E-state index contributed by atoms with van der Waals surface area (Å²) in [4.78, 5) is 30.8. The Labute approximate surface area is 176 Å². The lowest BCUT2D eigenvalue weighted by Gasteiger charge is -2.21. The largest absolute Gasteiger partial charge is 0.289 e. The van der Waals surface area contributed by atoms with Crippen molar-refractivity contribution in [3.05, 3.63) is 80.8 Å². The summed E-state index contributed by atoms with van der Waals surface area (Å²) in [5.41, 5.74) is 4.21. The number of ketones is 1. The van der Waals surface area contributed by atoms with Gasteiger partial charge >= 0.3 is 0 Å². The molecule has 0 fully saturated rings. The normalized spacial score (nSPS) is 11.0. The van der Waals surface area contributed by atoms with E-state index in [1.54, 1.807) is 23.1 Å². The number of hydrogen-bond acceptors (Lipinski definition) is 4. The molecule has 0 saturated carbocycles. The molecule has 0 spiro atoms. The third-order valence-corrected chi connectivity index (χ3v) is 5.68. The molecule has 1 aromatic heterocycles. The highest BCUT2D eigenvalue weighted by Gasteiger charge is 2.19. The van der Waals surface area contributed by atoms with E-state index in [-0.39, 0.29) is 11.7 Å². The number of aryl methyl sites for hydroxylation is 1. The van der Waals surface area contributed by atoms with Crippen molar-refractivity contribution in [2.24, 2.45) is 0 Å². The summed E-state index contributed by atoms with van der Waals surface area (Å²) >= 11 is 4.74. The molecule has 0 aliphatic rings. The van der Waals surface area contributed by atoms with Crippen molar-refractivity contribution in [3.63, 3.8) is 0 Å². The number of allylic oxidation sites excluding steroid dienone is 1. The lowest BCUT2D eigenvalue weighted by atomic mass is 10.1. The third kappa shape index (κ3) is 4.46. The molecular formula is C22H19BrN2O2S. The van der Waals surface area contributed by atoms with Gasteiger partial charge in [-0.2, -0.15) is 0 Å². The molecule has 0 aliphatic heterocycles. The number of carbonyl (C=O) groups excluding carboxylic acids is 2. The number of rotatable bonds is 5. The molecule has 3 aromatic rings. The summed E-state index contributed by atoms with van der Waals surface area (Å²) in [5, 5.41) is 2.41. The number of nitrogens with zero attached hydrogens (tertiary/aromatic N) is 2. The highest BCUT2D eigenvalue weighted by Crippen LogP contribution is 2.32. The molecule has 1 amide bonds. The fourth-order valence-corrected chi connectivity index (χ4v) is 3.99. The van der Waals surface area contributed by atoms with Crippen LogP contribution in [0.3, 0.4) is 0 Å². The van der Waals surface area contributed by atoms with Crippen molar-refractivity contribution < 1.29 is 9.59 Å².